The van der Waals surface area contributed by atoms with Crippen LogP contribution in [0, 0.1) is 0 Å². The second-order valence-electron chi connectivity index (χ2n) is 7.18. The van der Waals surface area contributed by atoms with Gasteiger partial charge in [0.05, 0.1) is 0 Å². The van der Waals surface area contributed by atoms with Gasteiger partial charge in [0.25, 0.3) is 0 Å². The van der Waals surface area contributed by atoms with Crippen LogP contribution in [0.15, 0.2) is 30.3 Å². The Hall–Kier alpha value is -0.940. The van der Waals surface area contributed by atoms with E-state index < -0.39 is 0 Å². The van der Waals surface area contributed by atoms with Gasteiger partial charge in [0.15, 0.2) is 0 Å². The smallest absolute Gasteiger partial charge is 0.0475 e. The lowest BCUT2D eigenvalue weighted by atomic mass is 9.98. The molecule has 0 saturated carbocycles. The number of nitrogens with zero attached hydrogens (tertiary/aromatic N) is 3. The van der Waals surface area contributed by atoms with E-state index in [-0.39, 0.29) is 0 Å². The van der Waals surface area contributed by atoms with Crippen LogP contribution >= 0.6 is 0 Å². The molecule has 2 aliphatic heterocycles. The molecular weight excluding hydrogens is 284 g/mol. The number of nitrogens with one attached hydrogen (secondary N) is 1. The van der Waals surface area contributed by atoms with Gasteiger partial charge in [-0.2, -0.15) is 0 Å². The molecule has 3 rings (SSSR count). The summed E-state index contributed by atoms with van der Waals surface area (Å²) in [6.07, 6.45) is 2.58. The fourth-order valence-electron chi connectivity index (χ4n) is 3.94. The SMILES string of the molecule is CN1CCC(N(C)C(CN2CCNCC2)c2ccccc2)CC1. The predicted octanol–water partition coefficient (Wildman–Crippen LogP) is 1.66. The van der Waals surface area contributed by atoms with Gasteiger partial charge in [0, 0.05) is 44.8 Å². The summed E-state index contributed by atoms with van der Waals surface area (Å²) >= 11 is 0. The summed E-state index contributed by atoms with van der Waals surface area (Å²) in [5.41, 5.74) is 1.47. The van der Waals surface area contributed by atoms with Crippen LogP contribution in [0.5, 0.6) is 0 Å². The standard InChI is InChI=1S/C19H32N4/c1-21-12-8-18(9-13-21)22(2)19(17-6-4-3-5-7-17)16-23-14-10-20-11-15-23/h3-7,18-20H,8-16H2,1-2H3. The highest BCUT2D eigenvalue weighted by Crippen LogP contribution is 2.26. The first kappa shape index (κ1) is 16.9. The molecule has 2 heterocycles. The minimum absolute atomic E-state index is 0.503. The Morgan fingerprint density at radius 3 is 2.39 bits per heavy atom. The average Bonchev–Trinajstić information content (AvgIpc) is 2.61. The molecule has 0 aromatic heterocycles. The van der Waals surface area contributed by atoms with Gasteiger partial charge in [0.2, 0.25) is 0 Å². The molecule has 0 radical (unpaired) electrons. The van der Waals surface area contributed by atoms with E-state index >= 15 is 0 Å². The first-order valence-electron chi connectivity index (χ1n) is 9.12. The summed E-state index contributed by atoms with van der Waals surface area (Å²) in [7, 11) is 4.58. The first-order chi connectivity index (χ1) is 11.2. The van der Waals surface area contributed by atoms with Crippen LogP contribution in [0.3, 0.4) is 0 Å². The number of benzene rings is 1. The Balaban J connectivity index is 1.71. The van der Waals surface area contributed by atoms with Crippen molar-refractivity contribution in [3.05, 3.63) is 35.9 Å². The topological polar surface area (TPSA) is 21.8 Å². The van der Waals surface area contributed by atoms with Gasteiger partial charge in [-0.15, -0.1) is 0 Å². The zero-order chi connectivity index (χ0) is 16.1. The molecule has 1 atom stereocenters. The summed E-state index contributed by atoms with van der Waals surface area (Å²) in [4.78, 5) is 7.74. The van der Waals surface area contributed by atoms with Crippen molar-refractivity contribution in [2.45, 2.75) is 24.9 Å². The fraction of sp³-hybridized carbons (Fsp3) is 0.684. The summed E-state index contributed by atoms with van der Waals surface area (Å²) in [5.74, 6) is 0. The number of likely N-dealkylation sites (tertiary alicyclic amines) is 1. The summed E-state index contributed by atoms with van der Waals surface area (Å²) < 4.78 is 0. The molecule has 4 nitrogen and oxygen atoms in total. The Kier molecular flexibility index (Phi) is 6.06. The van der Waals surface area contributed by atoms with Crippen LogP contribution in [0.4, 0.5) is 0 Å². The number of hydrogen-bond donors (Lipinski definition) is 1. The third-order valence-electron chi connectivity index (χ3n) is 5.58. The van der Waals surface area contributed by atoms with E-state index in [0.717, 1.165) is 19.6 Å². The molecule has 4 heteroatoms. The second kappa shape index (κ2) is 8.25. The molecule has 0 amide bonds. The van der Waals surface area contributed by atoms with Gasteiger partial charge in [-0.25, -0.2) is 0 Å². The van der Waals surface area contributed by atoms with Crippen molar-refractivity contribution >= 4 is 0 Å². The highest BCUT2D eigenvalue weighted by atomic mass is 15.3. The van der Waals surface area contributed by atoms with E-state index in [0.29, 0.717) is 12.1 Å². The molecule has 0 bridgehead atoms. The summed E-state index contributed by atoms with van der Waals surface area (Å²) in [5, 5.41) is 3.46. The molecular formula is C19H32N4. The maximum atomic E-state index is 3.46. The van der Waals surface area contributed by atoms with Crippen molar-refractivity contribution in [3.8, 4) is 0 Å². The molecule has 0 aliphatic carbocycles. The van der Waals surface area contributed by atoms with Crippen LogP contribution < -0.4 is 5.32 Å². The Bertz CT molecular complexity index is 450. The van der Waals surface area contributed by atoms with Crippen LogP contribution in [-0.2, 0) is 0 Å². The molecule has 2 fully saturated rings. The van der Waals surface area contributed by atoms with Crippen molar-refractivity contribution in [1.82, 2.24) is 20.0 Å². The zero-order valence-electron chi connectivity index (χ0n) is 14.7. The number of hydrogen-bond acceptors (Lipinski definition) is 4. The summed E-state index contributed by atoms with van der Waals surface area (Å²) in [6, 6.07) is 12.3. The molecule has 23 heavy (non-hydrogen) atoms. The minimum atomic E-state index is 0.503. The second-order valence-corrected chi connectivity index (χ2v) is 7.18. The minimum Gasteiger partial charge on any atom is -0.314 e. The van der Waals surface area contributed by atoms with Crippen molar-refractivity contribution in [2.75, 3.05) is 59.9 Å². The van der Waals surface area contributed by atoms with Crippen LogP contribution in [-0.4, -0.2) is 80.7 Å². The van der Waals surface area contributed by atoms with Gasteiger partial charge in [0.1, 0.15) is 0 Å². The number of piperidine rings is 1. The average molecular weight is 316 g/mol. The molecule has 1 unspecified atom stereocenters. The van der Waals surface area contributed by atoms with Crippen molar-refractivity contribution in [3.63, 3.8) is 0 Å². The van der Waals surface area contributed by atoms with E-state index in [1.165, 1.54) is 44.6 Å². The van der Waals surface area contributed by atoms with E-state index in [1.807, 2.05) is 0 Å². The Morgan fingerprint density at radius 2 is 1.74 bits per heavy atom. The van der Waals surface area contributed by atoms with Crippen molar-refractivity contribution in [2.24, 2.45) is 0 Å². The van der Waals surface area contributed by atoms with E-state index in [1.54, 1.807) is 0 Å². The molecule has 2 saturated heterocycles. The number of rotatable bonds is 5. The lowest BCUT2D eigenvalue weighted by Crippen LogP contribution is -2.49. The highest BCUT2D eigenvalue weighted by molar-refractivity contribution is 5.20. The van der Waals surface area contributed by atoms with E-state index in [9.17, 15) is 0 Å². The Labute approximate surface area is 141 Å². The normalized spacial score (nSPS) is 23.3. The lowest BCUT2D eigenvalue weighted by Gasteiger charge is -2.42. The monoisotopic (exact) mass is 316 g/mol. The fourth-order valence-corrected chi connectivity index (χ4v) is 3.94. The van der Waals surface area contributed by atoms with Crippen LogP contribution in [0.1, 0.15) is 24.4 Å². The van der Waals surface area contributed by atoms with Crippen molar-refractivity contribution < 1.29 is 0 Å². The molecule has 1 aromatic rings. The quantitative estimate of drug-likeness (QED) is 0.892. The highest BCUT2D eigenvalue weighted by Gasteiger charge is 2.28. The summed E-state index contributed by atoms with van der Waals surface area (Å²) in [6.45, 7) is 8.19. The van der Waals surface area contributed by atoms with Crippen LogP contribution in [0.2, 0.25) is 0 Å². The zero-order valence-corrected chi connectivity index (χ0v) is 14.7. The van der Waals surface area contributed by atoms with Gasteiger partial charge in [-0.1, -0.05) is 30.3 Å². The third kappa shape index (κ3) is 4.54. The molecule has 2 aliphatic rings. The van der Waals surface area contributed by atoms with E-state index in [4.69, 9.17) is 0 Å². The predicted molar refractivity (Wildman–Crippen MR) is 96.8 cm³/mol. The Morgan fingerprint density at radius 1 is 1.09 bits per heavy atom. The van der Waals surface area contributed by atoms with Gasteiger partial charge >= 0.3 is 0 Å². The largest absolute Gasteiger partial charge is 0.314 e. The van der Waals surface area contributed by atoms with Gasteiger partial charge < -0.3 is 10.2 Å². The van der Waals surface area contributed by atoms with E-state index in [2.05, 4.69) is 64.4 Å². The molecule has 1 aromatic carbocycles. The van der Waals surface area contributed by atoms with Crippen LogP contribution in [0.25, 0.3) is 0 Å². The van der Waals surface area contributed by atoms with Gasteiger partial charge in [-0.05, 0) is 45.6 Å². The molecule has 1 N–H and O–H groups in total. The number of likely N-dealkylation sites (N-methyl/N-ethyl adjacent to an activating group) is 1. The van der Waals surface area contributed by atoms with Gasteiger partial charge in [-0.3, -0.25) is 9.80 Å². The first-order valence-corrected chi connectivity index (χ1v) is 9.12. The molecule has 128 valence electrons. The molecule has 0 spiro atoms. The maximum Gasteiger partial charge on any atom is 0.0475 e. The lowest BCUT2D eigenvalue weighted by molar-refractivity contribution is 0.0795. The van der Waals surface area contributed by atoms with Crippen molar-refractivity contribution in [1.29, 1.82) is 0 Å². The maximum absolute atomic E-state index is 3.46. The number of piperazine rings is 1. The third-order valence-corrected chi connectivity index (χ3v) is 5.58.